The summed E-state index contributed by atoms with van der Waals surface area (Å²) in [4.78, 5) is 25.6. The van der Waals surface area contributed by atoms with Gasteiger partial charge in [-0.05, 0) is 79.4 Å². The number of fused-ring (bicyclic) bond motifs is 7. The summed E-state index contributed by atoms with van der Waals surface area (Å²) in [5, 5.41) is 21.7. The normalized spacial score (nSPS) is 39.0. The molecule has 9 atom stereocenters. The molecule has 0 amide bonds. The number of Topliss-reactive ketones (excluding diaryl/α,β-unsaturated/α-hetero) is 1. The van der Waals surface area contributed by atoms with Crippen molar-refractivity contribution in [1.29, 1.82) is 0 Å². The molecule has 0 unspecified atom stereocenters. The molecule has 3 saturated carbocycles. The first-order valence-corrected chi connectivity index (χ1v) is 14.8. The zero-order chi connectivity index (χ0) is 28.5. The van der Waals surface area contributed by atoms with Gasteiger partial charge in [0, 0.05) is 28.5 Å². The van der Waals surface area contributed by atoms with Crippen LogP contribution in [0.1, 0.15) is 55.6 Å². The van der Waals surface area contributed by atoms with Crippen molar-refractivity contribution >= 4 is 17.3 Å². The number of nitrogen functional groups attached to an aromatic ring is 1. The lowest BCUT2D eigenvalue weighted by molar-refractivity contribution is -0.174. The summed E-state index contributed by atoms with van der Waals surface area (Å²) in [7, 11) is 0. The standard InChI is InChI=1S/C34H37NO6/c1-33-12-11-24(37)15-22(33)9-10-25-26-16-30-34(29(39)18-36,27(26)17-28(38)31(25)33)41-32(40-30)21-7-5-19(6-8-21)13-20-3-2-4-23(35)14-20/h2-8,11-12,14-15,25-28,30-32,36,38H,9-10,13,16-18,35H2,1H3/t25-,26-,27-,28-,30+,31+,32+,33-,34+/m0/s1. The van der Waals surface area contributed by atoms with Crippen LogP contribution in [0.3, 0.4) is 0 Å². The lowest BCUT2D eigenvalue weighted by Crippen LogP contribution is -2.58. The molecule has 0 aromatic heterocycles. The third-order valence-electron chi connectivity index (χ3n) is 10.8. The Kier molecular flexibility index (Phi) is 6.36. The summed E-state index contributed by atoms with van der Waals surface area (Å²) in [6, 6.07) is 15.9. The van der Waals surface area contributed by atoms with E-state index in [1.165, 1.54) is 0 Å². The van der Waals surface area contributed by atoms with Gasteiger partial charge in [-0.25, -0.2) is 0 Å². The molecule has 214 valence electrons. The second-order valence-corrected chi connectivity index (χ2v) is 12.8. The quantitative estimate of drug-likeness (QED) is 0.476. The van der Waals surface area contributed by atoms with E-state index in [1.54, 1.807) is 12.2 Å². The highest BCUT2D eigenvalue weighted by molar-refractivity contribution is 6.01. The minimum atomic E-state index is -1.29. The molecule has 1 saturated heterocycles. The molecular formula is C34H37NO6. The van der Waals surface area contributed by atoms with Crippen molar-refractivity contribution in [2.24, 2.45) is 29.1 Å². The zero-order valence-corrected chi connectivity index (χ0v) is 23.2. The third-order valence-corrected chi connectivity index (χ3v) is 10.8. The fourth-order valence-corrected chi connectivity index (χ4v) is 9.02. The summed E-state index contributed by atoms with van der Waals surface area (Å²) in [5.41, 5.74) is 9.16. The smallest absolute Gasteiger partial charge is 0.192 e. The lowest BCUT2D eigenvalue weighted by Gasteiger charge is -2.56. The monoisotopic (exact) mass is 555 g/mol. The minimum Gasteiger partial charge on any atom is -0.399 e. The molecule has 0 radical (unpaired) electrons. The predicted octanol–water partition coefficient (Wildman–Crippen LogP) is 4.07. The van der Waals surface area contributed by atoms with Crippen LogP contribution in [0.15, 0.2) is 72.3 Å². The molecule has 7 nitrogen and oxygen atoms in total. The second kappa shape index (κ2) is 9.73. The van der Waals surface area contributed by atoms with Gasteiger partial charge in [-0.3, -0.25) is 9.59 Å². The number of allylic oxidation sites excluding steroid dienone is 4. The molecule has 7 rings (SSSR count). The largest absolute Gasteiger partial charge is 0.399 e. The summed E-state index contributed by atoms with van der Waals surface area (Å²) in [6.45, 7) is 1.50. The number of aliphatic hydroxyl groups excluding tert-OH is 2. The molecule has 4 fully saturated rings. The number of hydrogen-bond donors (Lipinski definition) is 3. The summed E-state index contributed by atoms with van der Waals surface area (Å²) < 4.78 is 13.1. The fourth-order valence-electron chi connectivity index (χ4n) is 9.02. The van der Waals surface area contributed by atoms with Gasteiger partial charge >= 0.3 is 0 Å². The maximum atomic E-state index is 13.5. The topological polar surface area (TPSA) is 119 Å². The molecular weight excluding hydrogens is 518 g/mol. The Labute approximate surface area is 240 Å². The fraction of sp³-hybridized carbons (Fsp3) is 0.471. The van der Waals surface area contributed by atoms with E-state index < -0.39 is 30.7 Å². The number of aliphatic hydroxyl groups is 2. The average molecular weight is 556 g/mol. The molecule has 0 bridgehead atoms. The summed E-state index contributed by atoms with van der Waals surface area (Å²) >= 11 is 0. The van der Waals surface area contributed by atoms with Crippen LogP contribution in [0.2, 0.25) is 0 Å². The van der Waals surface area contributed by atoms with E-state index in [9.17, 15) is 19.8 Å². The van der Waals surface area contributed by atoms with Gasteiger partial charge in [0.25, 0.3) is 0 Å². The van der Waals surface area contributed by atoms with Crippen molar-refractivity contribution in [1.82, 2.24) is 0 Å². The van der Waals surface area contributed by atoms with Crippen molar-refractivity contribution < 1.29 is 29.3 Å². The van der Waals surface area contributed by atoms with Gasteiger partial charge in [-0.15, -0.1) is 0 Å². The molecule has 1 aliphatic heterocycles. The van der Waals surface area contributed by atoms with Gasteiger partial charge in [0.2, 0.25) is 0 Å². The lowest BCUT2D eigenvalue weighted by atomic mass is 9.49. The molecule has 1 heterocycles. The van der Waals surface area contributed by atoms with Crippen LogP contribution in [0.25, 0.3) is 0 Å². The first kappa shape index (κ1) is 26.8. The molecule has 5 aliphatic rings. The molecule has 2 aromatic rings. The molecule has 4 aliphatic carbocycles. The molecule has 7 heteroatoms. The highest BCUT2D eigenvalue weighted by atomic mass is 16.7. The molecule has 0 spiro atoms. The number of nitrogens with two attached hydrogens (primary N) is 1. The van der Waals surface area contributed by atoms with Gasteiger partial charge in [0.1, 0.15) is 6.61 Å². The van der Waals surface area contributed by atoms with Crippen molar-refractivity contribution in [2.75, 3.05) is 12.3 Å². The van der Waals surface area contributed by atoms with Crippen molar-refractivity contribution in [3.63, 3.8) is 0 Å². The van der Waals surface area contributed by atoms with Crippen LogP contribution < -0.4 is 5.73 Å². The number of carbonyl (C=O) groups excluding carboxylic acids is 2. The maximum Gasteiger partial charge on any atom is 0.192 e. The molecule has 41 heavy (non-hydrogen) atoms. The van der Waals surface area contributed by atoms with Gasteiger partial charge in [0.15, 0.2) is 23.5 Å². The van der Waals surface area contributed by atoms with E-state index >= 15 is 0 Å². The number of rotatable bonds is 5. The highest BCUT2D eigenvalue weighted by Crippen LogP contribution is 2.65. The highest BCUT2D eigenvalue weighted by Gasteiger charge is 2.70. The van der Waals surface area contributed by atoms with Crippen molar-refractivity contribution in [3.8, 4) is 0 Å². The van der Waals surface area contributed by atoms with E-state index in [0.29, 0.717) is 12.8 Å². The Balaban J connectivity index is 1.15. The Morgan fingerprint density at radius 1 is 1.10 bits per heavy atom. The van der Waals surface area contributed by atoms with Crippen molar-refractivity contribution in [2.45, 2.75) is 63.1 Å². The summed E-state index contributed by atoms with van der Waals surface area (Å²) in [6.07, 6.45) is 6.90. The number of ether oxygens (including phenoxy) is 2. The first-order chi connectivity index (χ1) is 19.7. The van der Waals surface area contributed by atoms with Gasteiger partial charge in [-0.2, -0.15) is 0 Å². The number of benzene rings is 2. The first-order valence-electron chi connectivity index (χ1n) is 14.8. The van der Waals surface area contributed by atoms with Crippen LogP contribution in [-0.2, 0) is 25.5 Å². The van der Waals surface area contributed by atoms with Gasteiger partial charge in [0.05, 0.1) is 12.2 Å². The van der Waals surface area contributed by atoms with Crippen molar-refractivity contribution in [3.05, 3.63) is 89.0 Å². The van der Waals surface area contributed by atoms with E-state index in [1.807, 2.05) is 54.6 Å². The van der Waals surface area contributed by atoms with E-state index in [0.717, 1.165) is 47.2 Å². The van der Waals surface area contributed by atoms with Gasteiger partial charge < -0.3 is 25.4 Å². The summed E-state index contributed by atoms with van der Waals surface area (Å²) in [5.74, 6) is -0.375. The van der Waals surface area contributed by atoms with E-state index in [4.69, 9.17) is 15.2 Å². The van der Waals surface area contributed by atoms with E-state index in [2.05, 4.69) is 6.92 Å². The zero-order valence-electron chi connectivity index (χ0n) is 23.2. The second-order valence-electron chi connectivity index (χ2n) is 12.8. The van der Waals surface area contributed by atoms with Crippen LogP contribution >= 0.6 is 0 Å². The number of carbonyl (C=O) groups is 2. The Hall–Kier alpha value is -3.10. The van der Waals surface area contributed by atoms with Crippen LogP contribution in [0.5, 0.6) is 0 Å². The molecule has 2 aromatic carbocycles. The minimum absolute atomic E-state index is 0.00707. The van der Waals surface area contributed by atoms with Crippen LogP contribution in [0.4, 0.5) is 5.69 Å². The number of hydrogen-bond acceptors (Lipinski definition) is 7. The number of anilines is 1. The van der Waals surface area contributed by atoms with Gasteiger partial charge in [-0.1, -0.05) is 55.0 Å². The van der Waals surface area contributed by atoms with E-state index in [-0.39, 0.29) is 40.7 Å². The average Bonchev–Trinajstić information content (AvgIpc) is 3.48. The maximum absolute atomic E-state index is 13.5. The Bertz CT molecular complexity index is 1450. The Morgan fingerprint density at radius 2 is 1.90 bits per heavy atom. The third kappa shape index (κ3) is 4.08. The number of ketones is 2. The predicted molar refractivity (Wildman–Crippen MR) is 152 cm³/mol. The Morgan fingerprint density at radius 3 is 2.66 bits per heavy atom. The SMILES string of the molecule is C[C@]12C=CC(=O)C=C1CC[C@H]1[C@@H]3C[C@H]4O[C@@H](c5ccc(Cc6cccc(N)c6)cc5)O[C@@]4(C(=O)CO)[C@H]3C[C@H](O)[C@@H]12. The molecule has 4 N–H and O–H groups in total. The van der Waals surface area contributed by atoms with Crippen LogP contribution in [-0.4, -0.2) is 46.2 Å². The van der Waals surface area contributed by atoms with Crippen LogP contribution in [0, 0.1) is 29.1 Å².